The fourth-order valence-electron chi connectivity index (χ4n) is 3.29. The van der Waals surface area contributed by atoms with E-state index in [0.717, 1.165) is 21.6 Å². The van der Waals surface area contributed by atoms with Crippen LogP contribution in [0.5, 0.6) is 5.75 Å². The Morgan fingerprint density at radius 3 is 2.07 bits per heavy atom. The summed E-state index contributed by atoms with van der Waals surface area (Å²) in [6, 6.07) is 3.10. The quantitative estimate of drug-likeness (QED) is 0.446. The molecule has 0 bridgehead atoms. The number of benzene rings is 1. The number of aromatic hydroxyl groups is 1. The maximum Gasteiger partial charge on any atom is 0.350 e. The zero-order valence-electron chi connectivity index (χ0n) is 18.0. The van der Waals surface area contributed by atoms with Gasteiger partial charge in [-0.25, -0.2) is 9.86 Å². The van der Waals surface area contributed by atoms with Crippen LogP contribution in [-0.2, 0) is 15.6 Å². The molecule has 0 radical (unpaired) electrons. The molecule has 1 aromatic carbocycles. The molecular weight excluding hydrogens is 356 g/mol. The minimum atomic E-state index is -0.702. The van der Waals surface area contributed by atoms with Crippen molar-refractivity contribution in [2.45, 2.75) is 65.7 Å². The maximum absolute atomic E-state index is 12.7. The summed E-state index contributed by atoms with van der Waals surface area (Å²) in [4.78, 5) is 25.8. The third-order valence-electron chi connectivity index (χ3n) is 4.97. The number of nitrogens with zero attached hydrogens (tertiary/aromatic N) is 2. The van der Waals surface area contributed by atoms with Crippen LogP contribution in [0, 0.1) is 0 Å². The minimum Gasteiger partial charge on any atom is -0.507 e. The molecule has 2 rings (SSSR count). The van der Waals surface area contributed by atoms with E-state index in [1.807, 2.05) is 53.7 Å². The van der Waals surface area contributed by atoms with Crippen LogP contribution in [0.15, 0.2) is 17.7 Å². The van der Waals surface area contributed by atoms with Crippen molar-refractivity contribution < 1.29 is 19.9 Å². The fourth-order valence-corrected chi connectivity index (χ4v) is 3.29. The van der Waals surface area contributed by atoms with Crippen molar-refractivity contribution in [3.63, 3.8) is 0 Å². The molecule has 3 amide bonds. The van der Waals surface area contributed by atoms with E-state index in [-0.39, 0.29) is 35.6 Å². The zero-order chi connectivity index (χ0) is 21.4. The summed E-state index contributed by atoms with van der Waals surface area (Å²) in [7, 11) is 0. The fraction of sp³-hybridized carbons (Fsp3) is 0.545. The van der Waals surface area contributed by atoms with Crippen LogP contribution in [0.25, 0.3) is 6.08 Å². The number of hydroxylamine groups is 2. The highest BCUT2D eigenvalue weighted by atomic mass is 16.5. The van der Waals surface area contributed by atoms with Crippen LogP contribution in [0.3, 0.4) is 0 Å². The number of likely N-dealkylation sites (tertiary alicyclic amines) is 1. The lowest BCUT2D eigenvalue weighted by atomic mass is 9.78. The first kappa shape index (κ1) is 22.0. The average molecular weight is 389 g/mol. The first-order valence-electron chi connectivity index (χ1n) is 9.68. The highest BCUT2D eigenvalue weighted by Gasteiger charge is 2.33. The van der Waals surface area contributed by atoms with E-state index < -0.39 is 6.03 Å². The van der Waals surface area contributed by atoms with Gasteiger partial charge in [0.25, 0.3) is 5.91 Å². The summed E-state index contributed by atoms with van der Waals surface area (Å²) in [5, 5.41) is 21.0. The zero-order valence-corrected chi connectivity index (χ0v) is 18.0. The molecule has 0 spiro atoms. The monoisotopic (exact) mass is 388 g/mol. The number of amides is 3. The van der Waals surface area contributed by atoms with Crippen molar-refractivity contribution in [1.82, 2.24) is 9.96 Å². The molecule has 1 heterocycles. The molecule has 6 nitrogen and oxygen atoms in total. The molecule has 0 aliphatic carbocycles. The number of phenols is 1. The molecule has 0 atom stereocenters. The van der Waals surface area contributed by atoms with E-state index in [4.69, 9.17) is 0 Å². The topological polar surface area (TPSA) is 81.1 Å². The van der Waals surface area contributed by atoms with Crippen molar-refractivity contribution in [3.05, 3.63) is 34.4 Å². The number of hydrogen-bond acceptors (Lipinski definition) is 4. The van der Waals surface area contributed by atoms with Gasteiger partial charge in [0.2, 0.25) is 0 Å². The third-order valence-corrected chi connectivity index (χ3v) is 4.97. The molecule has 28 heavy (non-hydrogen) atoms. The highest BCUT2D eigenvalue weighted by Crippen LogP contribution is 2.40. The summed E-state index contributed by atoms with van der Waals surface area (Å²) < 4.78 is 0. The number of hydrogen-bond donors (Lipinski definition) is 2. The van der Waals surface area contributed by atoms with Gasteiger partial charge >= 0.3 is 6.03 Å². The Hall–Kier alpha value is -2.34. The Bertz CT molecular complexity index is 778. The van der Waals surface area contributed by atoms with Crippen LogP contribution in [0.1, 0.15) is 71.6 Å². The molecule has 0 unspecified atom stereocenters. The summed E-state index contributed by atoms with van der Waals surface area (Å²) in [6.07, 6.45) is 2.21. The van der Waals surface area contributed by atoms with Crippen molar-refractivity contribution in [1.29, 1.82) is 0 Å². The van der Waals surface area contributed by atoms with Crippen LogP contribution in [0.2, 0.25) is 0 Å². The smallest absolute Gasteiger partial charge is 0.350 e. The lowest BCUT2D eigenvalue weighted by Gasteiger charge is -2.28. The van der Waals surface area contributed by atoms with Gasteiger partial charge in [0.05, 0.1) is 0 Å². The second kappa shape index (κ2) is 7.59. The van der Waals surface area contributed by atoms with E-state index in [2.05, 4.69) is 0 Å². The number of urea groups is 1. The van der Waals surface area contributed by atoms with Crippen LogP contribution in [0.4, 0.5) is 4.79 Å². The standard InChI is InChI=1S/C22H32N2O4/c1-8-24(28)20(27)23-10-9-15(19(23)26)11-14-12-16(21(2,3)4)18(25)17(13-14)22(5,6)7/h11-13,25,28H,8-10H2,1-7H3. The van der Waals surface area contributed by atoms with Gasteiger partial charge in [-0.2, -0.15) is 0 Å². The summed E-state index contributed by atoms with van der Waals surface area (Å²) in [6.45, 7) is 14.2. The third kappa shape index (κ3) is 4.38. The van der Waals surface area contributed by atoms with Crippen molar-refractivity contribution in [2.24, 2.45) is 0 Å². The van der Waals surface area contributed by atoms with Crippen molar-refractivity contribution in [3.8, 4) is 5.75 Å². The molecular formula is C22H32N2O4. The van der Waals surface area contributed by atoms with Crippen molar-refractivity contribution >= 4 is 18.0 Å². The van der Waals surface area contributed by atoms with Crippen LogP contribution < -0.4 is 0 Å². The molecule has 1 aliphatic heterocycles. The molecule has 6 heteroatoms. The van der Waals surface area contributed by atoms with Gasteiger partial charge in [-0.3, -0.25) is 14.9 Å². The number of rotatable bonds is 2. The Labute approximate surface area is 167 Å². The Kier molecular flexibility index (Phi) is 5.95. The van der Waals surface area contributed by atoms with Gasteiger partial charge < -0.3 is 5.11 Å². The molecule has 0 saturated carbocycles. The van der Waals surface area contributed by atoms with Gasteiger partial charge in [-0.1, -0.05) is 41.5 Å². The van der Waals surface area contributed by atoms with Gasteiger partial charge in [-0.15, -0.1) is 0 Å². The Morgan fingerprint density at radius 2 is 1.64 bits per heavy atom. The molecule has 0 aromatic heterocycles. The van der Waals surface area contributed by atoms with E-state index in [1.54, 1.807) is 13.0 Å². The van der Waals surface area contributed by atoms with Crippen LogP contribution >= 0.6 is 0 Å². The van der Waals surface area contributed by atoms with E-state index in [9.17, 15) is 19.9 Å². The second-order valence-electron chi connectivity index (χ2n) is 9.34. The van der Waals surface area contributed by atoms with Gasteiger partial charge in [0.1, 0.15) is 5.75 Å². The van der Waals surface area contributed by atoms with Gasteiger partial charge in [-0.05, 0) is 47.9 Å². The molecule has 1 aliphatic rings. The highest BCUT2D eigenvalue weighted by molar-refractivity contribution is 6.08. The predicted molar refractivity (Wildman–Crippen MR) is 109 cm³/mol. The summed E-state index contributed by atoms with van der Waals surface area (Å²) in [5.74, 6) is -0.101. The van der Waals surface area contributed by atoms with Gasteiger partial charge in [0, 0.05) is 29.8 Å². The number of phenolic OH excluding ortho intramolecular Hbond substituents is 1. The summed E-state index contributed by atoms with van der Waals surface area (Å²) in [5.41, 5.74) is 2.44. The Balaban J connectivity index is 2.49. The maximum atomic E-state index is 12.7. The largest absolute Gasteiger partial charge is 0.507 e. The van der Waals surface area contributed by atoms with Crippen molar-refractivity contribution in [2.75, 3.05) is 13.1 Å². The second-order valence-corrected chi connectivity index (χ2v) is 9.34. The van der Waals surface area contributed by atoms with E-state index in [1.165, 1.54) is 0 Å². The lowest BCUT2D eigenvalue weighted by molar-refractivity contribution is -0.125. The molecule has 1 aromatic rings. The lowest BCUT2D eigenvalue weighted by Crippen LogP contribution is -2.42. The normalized spacial score (nSPS) is 16.8. The Morgan fingerprint density at radius 1 is 1.14 bits per heavy atom. The van der Waals surface area contributed by atoms with Gasteiger partial charge in [0.15, 0.2) is 0 Å². The van der Waals surface area contributed by atoms with E-state index in [0.29, 0.717) is 17.1 Å². The first-order chi connectivity index (χ1) is 12.8. The van der Waals surface area contributed by atoms with Crippen LogP contribution in [-0.4, -0.2) is 45.3 Å². The summed E-state index contributed by atoms with van der Waals surface area (Å²) >= 11 is 0. The molecule has 154 valence electrons. The number of imide groups is 1. The number of carbonyl (C=O) groups excluding carboxylic acids is 2. The first-order valence-corrected chi connectivity index (χ1v) is 9.68. The predicted octanol–water partition coefficient (Wildman–Crippen LogP) is 4.43. The SMILES string of the molecule is CCN(O)C(=O)N1CCC(=Cc2cc(C(C)(C)C)c(O)c(C(C)(C)C)c2)C1=O. The van der Waals surface area contributed by atoms with E-state index >= 15 is 0 Å². The molecule has 1 saturated heterocycles. The molecule has 1 fully saturated rings. The minimum absolute atomic E-state index is 0.115. The average Bonchev–Trinajstić information content (AvgIpc) is 2.93. The number of carbonyl (C=O) groups is 2. The molecule has 2 N–H and O–H groups in total.